The van der Waals surface area contributed by atoms with Crippen LogP contribution in [0.5, 0.6) is 11.5 Å². The van der Waals surface area contributed by atoms with E-state index < -0.39 is 40.8 Å². The topological polar surface area (TPSA) is 84.9 Å². The van der Waals surface area contributed by atoms with Gasteiger partial charge in [-0.3, -0.25) is 14.9 Å². The highest BCUT2D eigenvalue weighted by molar-refractivity contribution is 9.10. The first-order valence-electron chi connectivity index (χ1n) is 8.67. The quantitative estimate of drug-likeness (QED) is 0.451. The molecule has 1 N–H and O–H groups in total. The lowest BCUT2D eigenvalue weighted by Gasteiger charge is -2.27. The number of amides is 4. The van der Waals surface area contributed by atoms with Gasteiger partial charge in [0.1, 0.15) is 5.57 Å². The fraction of sp³-hybridized carbons (Fsp3) is 0.150. The zero-order valence-corrected chi connectivity index (χ0v) is 18.7. The maximum absolute atomic E-state index is 13.1. The number of carbonyl (C=O) groups excluding carboxylic acids is 3. The van der Waals surface area contributed by atoms with E-state index in [1.807, 2.05) is 5.32 Å². The lowest BCUT2D eigenvalue weighted by atomic mass is 10.1. The fourth-order valence-electron chi connectivity index (χ4n) is 2.92. The van der Waals surface area contributed by atoms with E-state index in [0.29, 0.717) is 32.8 Å². The Morgan fingerprint density at radius 3 is 2.38 bits per heavy atom. The minimum absolute atomic E-state index is 0.284. The number of anilines is 1. The molecule has 0 atom stereocenters. The second-order valence-electron chi connectivity index (χ2n) is 6.36. The second kappa shape index (κ2) is 8.83. The second-order valence-corrected chi connectivity index (χ2v) is 7.62. The van der Waals surface area contributed by atoms with E-state index in [-0.39, 0.29) is 10.8 Å². The molecule has 1 aliphatic rings. The Labute approximate surface area is 192 Å². The van der Waals surface area contributed by atoms with Gasteiger partial charge < -0.3 is 9.47 Å². The van der Waals surface area contributed by atoms with Crippen molar-refractivity contribution in [3.63, 3.8) is 0 Å². The van der Waals surface area contributed by atoms with E-state index in [2.05, 4.69) is 15.9 Å². The van der Waals surface area contributed by atoms with Gasteiger partial charge in [-0.1, -0.05) is 11.6 Å². The van der Waals surface area contributed by atoms with Gasteiger partial charge in [0, 0.05) is 0 Å². The van der Waals surface area contributed by atoms with E-state index in [9.17, 15) is 27.6 Å². The summed E-state index contributed by atoms with van der Waals surface area (Å²) < 4.78 is 50.2. The molecule has 1 saturated heterocycles. The predicted molar refractivity (Wildman–Crippen MR) is 113 cm³/mol. The van der Waals surface area contributed by atoms with E-state index in [1.165, 1.54) is 26.4 Å². The molecule has 0 aromatic heterocycles. The predicted octanol–water partition coefficient (Wildman–Crippen LogP) is 4.80. The van der Waals surface area contributed by atoms with Gasteiger partial charge >= 0.3 is 12.2 Å². The molecule has 12 heteroatoms. The molecule has 7 nitrogen and oxygen atoms in total. The first kappa shape index (κ1) is 23.6. The number of ether oxygens (including phenoxy) is 2. The number of halogens is 5. The van der Waals surface area contributed by atoms with Crippen LogP contribution in [-0.4, -0.2) is 32.1 Å². The third-order valence-electron chi connectivity index (χ3n) is 4.38. The maximum atomic E-state index is 13.1. The van der Waals surface area contributed by atoms with Crippen molar-refractivity contribution < 1.29 is 37.0 Å². The first-order chi connectivity index (χ1) is 15.0. The SMILES string of the molecule is COc1cc(/C=C2/C(=O)NC(=O)N(c3cc(C(F)(F)F)ccc3Cl)C2=O)cc(Br)c1OC. The van der Waals surface area contributed by atoms with Crippen molar-refractivity contribution in [2.24, 2.45) is 0 Å². The molecule has 0 unspecified atom stereocenters. The van der Waals surface area contributed by atoms with E-state index in [4.69, 9.17) is 21.1 Å². The zero-order valence-electron chi connectivity index (χ0n) is 16.3. The Bertz CT molecular complexity index is 1170. The van der Waals surface area contributed by atoms with Crippen LogP contribution in [0.4, 0.5) is 23.7 Å². The molecule has 0 spiro atoms. The number of nitrogens with one attached hydrogen (secondary N) is 1. The standard InChI is InChI=1S/C20H13BrClF3N2O5/c1-31-15-7-9(6-12(21)16(15)32-2)5-11-17(28)26-19(30)27(18(11)29)14-8-10(20(23,24)25)3-4-13(14)22/h3-8H,1-2H3,(H,26,28,30)/b11-5-. The summed E-state index contributed by atoms with van der Waals surface area (Å²) in [6.07, 6.45) is -3.58. The molecule has 2 aromatic carbocycles. The minimum Gasteiger partial charge on any atom is -0.493 e. The molecule has 0 aliphatic carbocycles. The molecular formula is C20H13BrClF3N2O5. The molecule has 0 bridgehead atoms. The van der Waals surface area contributed by atoms with Crippen molar-refractivity contribution in [2.45, 2.75) is 6.18 Å². The normalized spacial score (nSPS) is 15.8. The fourth-order valence-corrected chi connectivity index (χ4v) is 3.75. The number of methoxy groups -OCH3 is 2. The Hall–Kier alpha value is -3.05. The number of benzene rings is 2. The number of alkyl halides is 3. The number of rotatable bonds is 4. The molecule has 32 heavy (non-hydrogen) atoms. The largest absolute Gasteiger partial charge is 0.493 e. The van der Waals surface area contributed by atoms with Crippen LogP contribution in [0.2, 0.25) is 5.02 Å². The molecule has 168 valence electrons. The number of hydrogen-bond acceptors (Lipinski definition) is 5. The monoisotopic (exact) mass is 532 g/mol. The number of hydrogen-bond donors (Lipinski definition) is 1. The van der Waals surface area contributed by atoms with Gasteiger partial charge in [-0.25, -0.2) is 9.69 Å². The summed E-state index contributed by atoms with van der Waals surface area (Å²) in [5.74, 6) is -1.52. The highest BCUT2D eigenvalue weighted by Gasteiger charge is 2.39. The number of imide groups is 2. The highest BCUT2D eigenvalue weighted by atomic mass is 79.9. The van der Waals surface area contributed by atoms with Gasteiger partial charge in [-0.05, 0) is 57.9 Å². The number of barbiturate groups is 1. The summed E-state index contributed by atoms with van der Waals surface area (Å²) in [5, 5.41) is 1.64. The van der Waals surface area contributed by atoms with E-state index in [1.54, 1.807) is 0 Å². The van der Waals surface area contributed by atoms with Crippen molar-refractivity contribution in [1.29, 1.82) is 0 Å². The molecule has 1 heterocycles. The smallest absolute Gasteiger partial charge is 0.416 e. The van der Waals surface area contributed by atoms with Gasteiger partial charge in [0.05, 0.1) is 35.0 Å². The van der Waals surface area contributed by atoms with Gasteiger partial charge in [-0.2, -0.15) is 13.2 Å². The van der Waals surface area contributed by atoms with Gasteiger partial charge in [0.25, 0.3) is 11.8 Å². The summed E-state index contributed by atoms with van der Waals surface area (Å²) in [5.41, 5.74) is -1.82. The number of nitrogens with zero attached hydrogens (tertiary/aromatic N) is 1. The minimum atomic E-state index is -4.74. The lowest BCUT2D eigenvalue weighted by Crippen LogP contribution is -2.54. The Balaban J connectivity index is 2.10. The summed E-state index contributed by atoms with van der Waals surface area (Å²) in [6, 6.07) is 3.93. The molecular weight excluding hydrogens is 521 g/mol. The van der Waals surface area contributed by atoms with Gasteiger partial charge in [0.15, 0.2) is 11.5 Å². The third-order valence-corrected chi connectivity index (χ3v) is 5.29. The van der Waals surface area contributed by atoms with Crippen LogP contribution in [0.25, 0.3) is 6.08 Å². The molecule has 0 saturated carbocycles. The summed E-state index contributed by atoms with van der Waals surface area (Å²) in [6.45, 7) is 0. The van der Waals surface area contributed by atoms with Crippen molar-refractivity contribution in [1.82, 2.24) is 5.32 Å². The van der Waals surface area contributed by atoms with E-state index in [0.717, 1.165) is 12.1 Å². The zero-order chi connectivity index (χ0) is 23.8. The Morgan fingerprint density at radius 1 is 1.09 bits per heavy atom. The van der Waals surface area contributed by atoms with Crippen LogP contribution in [0, 0.1) is 0 Å². The third kappa shape index (κ3) is 4.44. The van der Waals surface area contributed by atoms with Crippen LogP contribution >= 0.6 is 27.5 Å². The molecule has 3 rings (SSSR count). The molecule has 1 aliphatic heterocycles. The molecule has 2 aromatic rings. The summed E-state index contributed by atoms with van der Waals surface area (Å²) >= 11 is 9.25. The Kier molecular flexibility index (Phi) is 6.51. The molecule has 4 amide bonds. The number of urea groups is 1. The van der Waals surface area contributed by atoms with Crippen molar-refractivity contribution in [3.05, 3.63) is 56.5 Å². The lowest BCUT2D eigenvalue weighted by molar-refractivity contribution is -0.137. The van der Waals surface area contributed by atoms with Gasteiger partial charge in [-0.15, -0.1) is 0 Å². The maximum Gasteiger partial charge on any atom is 0.416 e. The van der Waals surface area contributed by atoms with Crippen LogP contribution in [0.3, 0.4) is 0 Å². The van der Waals surface area contributed by atoms with Crippen molar-refractivity contribution in [3.8, 4) is 11.5 Å². The van der Waals surface area contributed by atoms with Crippen LogP contribution < -0.4 is 19.7 Å². The summed E-state index contributed by atoms with van der Waals surface area (Å²) in [4.78, 5) is 38.0. The van der Waals surface area contributed by atoms with Gasteiger partial charge in [0.2, 0.25) is 0 Å². The van der Waals surface area contributed by atoms with Crippen LogP contribution in [0.1, 0.15) is 11.1 Å². The average molecular weight is 534 g/mol. The molecule has 0 radical (unpaired) electrons. The van der Waals surface area contributed by atoms with Crippen LogP contribution in [-0.2, 0) is 15.8 Å². The highest BCUT2D eigenvalue weighted by Crippen LogP contribution is 2.38. The van der Waals surface area contributed by atoms with Crippen molar-refractivity contribution in [2.75, 3.05) is 19.1 Å². The molecule has 1 fully saturated rings. The van der Waals surface area contributed by atoms with E-state index >= 15 is 0 Å². The van der Waals surface area contributed by atoms with Crippen molar-refractivity contribution >= 4 is 57.1 Å². The first-order valence-corrected chi connectivity index (χ1v) is 9.84. The summed E-state index contributed by atoms with van der Waals surface area (Å²) in [7, 11) is 2.80. The number of carbonyl (C=O) groups is 3. The average Bonchev–Trinajstić information content (AvgIpc) is 2.71. The Morgan fingerprint density at radius 2 is 1.78 bits per heavy atom. The van der Waals surface area contributed by atoms with Crippen LogP contribution in [0.15, 0.2) is 40.4 Å².